The Kier molecular flexibility index (Phi) is 5.37. The highest BCUT2D eigenvalue weighted by molar-refractivity contribution is 7.09. The number of aliphatic hydroxyl groups is 1. The highest BCUT2D eigenvalue weighted by Crippen LogP contribution is 2.43. The van der Waals surface area contributed by atoms with Gasteiger partial charge in [-0.05, 0) is 44.5 Å². The van der Waals surface area contributed by atoms with Gasteiger partial charge < -0.3 is 24.2 Å². The van der Waals surface area contributed by atoms with Crippen LogP contribution < -0.4 is 4.74 Å². The van der Waals surface area contributed by atoms with Crippen LogP contribution in [0.3, 0.4) is 0 Å². The zero-order valence-corrected chi connectivity index (χ0v) is 17.7. The number of rotatable bonds is 5. The van der Waals surface area contributed by atoms with Gasteiger partial charge in [0.2, 0.25) is 0 Å². The smallest absolute Gasteiger partial charge is 0.253 e. The maximum atomic E-state index is 13.1. The van der Waals surface area contributed by atoms with E-state index in [4.69, 9.17) is 14.2 Å². The van der Waals surface area contributed by atoms with Gasteiger partial charge in [-0.3, -0.25) is 4.79 Å². The molecular weight excluding hydrogens is 392 g/mol. The second-order valence-electron chi connectivity index (χ2n) is 8.23. The molecule has 2 fully saturated rings. The summed E-state index contributed by atoms with van der Waals surface area (Å²) in [7, 11) is 0. The summed E-state index contributed by atoms with van der Waals surface area (Å²) in [4.78, 5) is 19.3. The minimum absolute atomic E-state index is 0. The number of hydrogen-bond donors (Lipinski definition) is 1. The lowest BCUT2D eigenvalue weighted by molar-refractivity contribution is -0.0440. The first-order valence-corrected chi connectivity index (χ1v) is 10.6. The summed E-state index contributed by atoms with van der Waals surface area (Å²) in [6.07, 6.45) is 2.21. The van der Waals surface area contributed by atoms with Crippen LogP contribution in [-0.4, -0.2) is 59.1 Å². The molecule has 2 saturated heterocycles. The first kappa shape index (κ1) is 20.3. The molecule has 29 heavy (non-hydrogen) atoms. The number of carbonyl (C=O) groups excluding carboxylic acids is 1. The summed E-state index contributed by atoms with van der Waals surface area (Å²) >= 11 is 1.56. The number of fused-ring (bicyclic) bond motifs is 1. The third kappa shape index (κ3) is 4.02. The molecule has 1 aromatic heterocycles. The SMILES string of the molecule is Cc1cc(C(=O)N2CCC3(c4nccs4)OCOC3C2)ccc1OCC(C)(C)O.[HH]. The van der Waals surface area contributed by atoms with Gasteiger partial charge >= 0.3 is 0 Å². The first-order valence-electron chi connectivity index (χ1n) is 9.69. The van der Waals surface area contributed by atoms with Crippen LogP contribution in [-0.2, 0) is 15.1 Å². The van der Waals surface area contributed by atoms with Crippen molar-refractivity contribution in [3.8, 4) is 5.75 Å². The van der Waals surface area contributed by atoms with Crippen molar-refractivity contribution in [1.82, 2.24) is 9.88 Å². The predicted molar refractivity (Wildman–Crippen MR) is 110 cm³/mol. The van der Waals surface area contributed by atoms with Gasteiger partial charge in [0.15, 0.2) is 5.60 Å². The van der Waals surface area contributed by atoms with Crippen molar-refractivity contribution in [2.24, 2.45) is 0 Å². The second-order valence-corrected chi connectivity index (χ2v) is 9.12. The van der Waals surface area contributed by atoms with Crippen molar-refractivity contribution >= 4 is 17.2 Å². The molecule has 0 bridgehead atoms. The number of likely N-dealkylation sites (tertiary alicyclic amines) is 1. The summed E-state index contributed by atoms with van der Waals surface area (Å²) in [5.74, 6) is 0.628. The number of thiazole rings is 1. The average molecular weight is 421 g/mol. The molecule has 0 spiro atoms. The first-order chi connectivity index (χ1) is 13.8. The fraction of sp³-hybridized carbons (Fsp3) is 0.524. The molecule has 2 atom stereocenters. The van der Waals surface area contributed by atoms with Crippen molar-refractivity contribution in [3.63, 3.8) is 0 Å². The number of piperidine rings is 1. The predicted octanol–water partition coefficient (Wildman–Crippen LogP) is 2.96. The van der Waals surface area contributed by atoms with Crippen molar-refractivity contribution in [2.75, 3.05) is 26.5 Å². The van der Waals surface area contributed by atoms with Gasteiger partial charge in [-0.25, -0.2) is 4.98 Å². The number of aryl methyl sites for hydroxylation is 1. The van der Waals surface area contributed by atoms with Crippen LogP contribution >= 0.6 is 11.3 Å². The molecule has 1 aromatic carbocycles. The lowest BCUT2D eigenvalue weighted by atomic mass is 9.88. The summed E-state index contributed by atoms with van der Waals surface area (Å²) in [6.45, 7) is 6.73. The summed E-state index contributed by atoms with van der Waals surface area (Å²) < 4.78 is 17.5. The van der Waals surface area contributed by atoms with Gasteiger partial charge in [-0.15, -0.1) is 11.3 Å². The van der Waals surface area contributed by atoms with Crippen LogP contribution in [0.4, 0.5) is 0 Å². The molecule has 3 heterocycles. The molecule has 0 aliphatic carbocycles. The fourth-order valence-corrected chi connectivity index (χ4v) is 4.64. The number of ether oxygens (including phenoxy) is 3. The van der Waals surface area contributed by atoms with Gasteiger partial charge in [0.25, 0.3) is 5.91 Å². The number of amides is 1. The van der Waals surface area contributed by atoms with Crippen LogP contribution in [0.15, 0.2) is 29.8 Å². The van der Waals surface area contributed by atoms with Crippen LogP contribution in [0.25, 0.3) is 0 Å². The Morgan fingerprint density at radius 2 is 2.34 bits per heavy atom. The molecule has 2 unspecified atom stereocenters. The second kappa shape index (κ2) is 7.68. The van der Waals surface area contributed by atoms with Crippen molar-refractivity contribution < 1.29 is 25.5 Å². The highest BCUT2D eigenvalue weighted by atomic mass is 32.1. The van der Waals surface area contributed by atoms with Gasteiger partial charge in [0.05, 0.1) is 12.1 Å². The van der Waals surface area contributed by atoms with Gasteiger partial charge in [-0.1, -0.05) is 0 Å². The largest absolute Gasteiger partial charge is 0.490 e. The molecule has 0 saturated carbocycles. The van der Waals surface area contributed by atoms with Crippen molar-refractivity contribution in [3.05, 3.63) is 45.9 Å². The number of nitrogens with zero attached hydrogens (tertiary/aromatic N) is 2. The lowest BCUT2D eigenvalue weighted by Gasteiger charge is -2.40. The summed E-state index contributed by atoms with van der Waals surface area (Å²) in [5.41, 5.74) is 0.00552. The Balaban J connectivity index is 0.00000256. The Bertz CT molecular complexity index is 886. The van der Waals surface area contributed by atoms with Crippen LogP contribution in [0.1, 0.15) is 42.6 Å². The molecule has 0 radical (unpaired) electrons. The van der Waals surface area contributed by atoms with E-state index in [9.17, 15) is 9.90 Å². The van der Waals surface area contributed by atoms with E-state index in [2.05, 4.69) is 4.98 Å². The number of carbonyl (C=O) groups is 1. The number of hydrogen-bond acceptors (Lipinski definition) is 7. The van der Waals surface area contributed by atoms with Crippen molar-refractivity contribution in [1.29, 1.82) is 0 Å². The molecule has 1 N–H and O–H groups in total. The maximum Gasteiger partial charge on any atom is 0.253 e. The molecule has 7 nitrogen and oxygen atoms in total. The molecular formula is C21H28N2O5S. The maximum absolute atomic E-state index is 13.1. The van der Waals surface area contributed by atoms with Crippen LogP contribution in [0.5, 0.6) is 5.75 Å². The molecule has 8 heteroatoms. The monoisotopic (exact) mass is 420 g/mol. The normalized spacial score (nSPS) is 24.4. The Hall–Kier alpha value is -2.00. The Morgan fingerprint density at radius 3 is 3.03 bits per heavy atom. The molecule has 2 aliphatic rings. The zero-order chi connectivity index (χ0) is 20.6. The Morgan fingerprint density at radius 1 is 1.52 bits per heavy atom. The average Bonchev–Trinajstić information content (AvgIpc) is 3.35. The van der Waals surface area contributed by atoms with E-state index in [0.29, 0.717) is 30.8 Å². The molecule has 4 rings (SSSR count). The van der Waals surface area contributed by atoms with E-state index in [0.717, 1.165) is 10.6 Å². The van der Waals surface area contributed by atoms with Gasteiger partial charge in [-0.2, -0.15) is 0 Å². The van der Waals surface area contributed by atoms with Crippen molar-refractivity contribution in [2.45, 2.75) is 44.5 Å². The zero-order valence-electron chi connectivity index (χ0n) is 16.9. The van der Waals surface area contributed by atoms with E-state index in [1.54, 1.807) is 43.5 Å². The highest BCUT2D eigenvalue weighted by Gasteiger charge is 2.52. The van der Waals surface area contributed by atoms with Gasteiger partial charge in [0.1, 0.15) is 30.3 Å². The summed E-state index contributed by atoms with van der Waals surface area (Å²) in [6, 6.07) is 5.38. The lowest BCUT2D eigenvalue weighted by Crippen LogP contribution is -2.53. The molecule has 158 valence electrons. The third-order valence-electron chi connectivity index (χ3n) is 5.33. The summed E-state index contributed by atoms with van der Waals surface area (Å²) in [5, 5.41) is 12.7. The van der Waals surface area contributed by atoms with E-state index in [1.807, 2.05) is 23.3 Å². The third-order valence-corrected chi connectivity index (χ3v) is 6.26. The van der Waals surface area contributed by atoms with E-state index in [1.165, 1.54) is 0 Å². The Labute approximate surface area is 175 Å². The van der Waals surface area contributed by atoms with Gasteiger partial charge in [0, 0.05) is 31.5 Å². The van der Waals surface area contributed by atoms with Crippen LogP contribution in [0.2, 0.25) is 0 Å². The molecule has 2 aromatic rings. The molecule has 2 aliphatic heterocycles. The van der Waals surface area contributed by atoms with Crippen LogP contribution in [0, 0.1) is 6.92 Å². The quantitative estimate of drug-likeness (QED) is 0.801. The fourth-order valence-electron chi connectivity index (χ4n) is 3.78. The molecule has 1 amide bonds. The minimum atomic E-state index is -0.915. The van der Waals surface area contributed by atoms with E-state index >= 15 is 0 Å². The topological polar surface area (TPSA) is 81.1 Å². The standard InChI is InChI=1S/C21H26N2O5S.H2/c1-14-10-15(4-5-16(14)26-12-20(2,3)25)18(24)23-8-6-21(19-22-7-9-29-19)17(11-23)27-13-28-21;/h4-5,7,9-10,17,25H,6,8,11-13H2,1-3H3;1H. The number of benzene rings is 1. The number of aromatic nitrogens is 1. The van der Waals surface area contributed by atoms with E-state index < -0.39 is 11.2 Å². The van der Waals surface area contributed by atoms with E-state index in [-0.39, 0.29) is 26.8 Å². The minimum Gasteiger partial charge on any atom is -0.490 e.